The lowest BCUT2D eigenvalue weighted by Gasteiger charge is -2.42. The number of halogens is 1. The number of nitrogens with zero attached hydrogens (tertiary/aromatic N) is 2. The van der Waals surface area contributed by atoms with Gasteiger partial charge >= 0.3 is 0 Å². The van der Waals surface area contributed by atoms with Gasteiger partial charge in [-0.3, -0.25) is 4.79 Å². The van der Waals surface area contributed by atoms with Gasteiger partial charge in [-0.1, -0.05) is 18.2 Å². The summed E-state index contributed by atoms with van der Waals surface area (Å²) in [4.78, 5) is 20.9. The number of rotatable bonds is 5. The molecule has 1 aromatic carbocycles. The number of morpholine rings is 1. The molecule has 3 rings (SSSR count). The van der Waals surface area contributed by atoms with Crippen LogP contribution in [0.3, 0.4) is 0 Å². The summed E-state index contributed by atoms with van der Waals surface area (Å²) in [6.45, 7) is 0.704. The van der Waals surface area contributed by atoms with Gasteiger partial charge in [-0.05, 0) is 11.6 Å². The number of amides is 1. The van der Waals surface area contributed by atoms with Gasteiger partial charge in [0.15, 0.2) is 0 Å². The minimum atomic E-state index is -0.982. The maximum absolute atomic E-state index is 13.9. The van der Waals surface area contributed by atoms with Crippen LogP contribution < -0.4 is 0 Å². The van der Waals surface area contributed by atoms with Gasteiger partial charge in [0.2, 0.25) is 5.91 Å². The molecule has 1 aliphatic rings. The van der Waals surface area contributed by atoms with Crippen LogP contribution in [-0.4, -0.2) is 57.8 Å². The van der Waals surface area contributed by atoms with Crippen LogP contribution in [0.15, 0.2) is 36.8 Å². The molecule has 0 bridgehead atoms. The molecule has 1 unspecified atom stereocenters. The van der Waals surface area contributed by atoms with E-state index in [1.165, 1.54) is 12.4 Å². The van der Waals surface area contributed by atoms with Gasteiger partial charge in [0.25, 0.3) is 0 Å². The van der Waals surface area contributed by atoms with E-state index in [1.54, 1.807) is 29.3 Å². The van der Waals surface area contributed by atoms with Crippen LogP contribution in [0.2, 0.25) is 0 Å². The predicted molar refractivity (Wildman–Crippen MR) is 84.7 cm³/mol. The molecule has 1 saturated heterocycles. The van der Waals surface area contributed by atoms with Crippen molar-refractivity contribution in [2.24, 2.45) is 0 Å². The molecule has 0 saturated carbocycles. The maximum Gasteiger partial charge on any atom is 0.228 e. The van der Waals surface area contributed by atoms with Crippen LogP contribution in [0.25, 0.3) is 0 Å². The molecule has 0 spiro atoms. The van der Waals surface area contributed by atoms with E-state index < -0.39 is 5.60 Å². The zero-order valence-corrected chi connectivity index (χ0v) is 13.2. The number of H-pyrrole nitrogens is 1. The lowest BCUT2D eigenvalue weighted by molar-refractivity contribution is -0.157. The molecule has 7 heteroatoms. The van der Waals surface area contributed by atoms with Crippen molar-refractivity contribution in [1.29, 1.82) is 0 Å². The number of aromatic nitrogens is 2. The van der Waals surface area contributed by atoms with E-state index in [4.69, 9.17) is 4.74 Å². The van der Waals surface area contributed by atoms with Gasteiger partial charge in [-0.2, -0.15) is 0 Å². The number of aliphatic hydroxyl groups excluding tert-OH is 1. The highest BCUT2D eigenvalue weighted by atomic mass is 19.1. The molecule has 0 aliphatic carbocycles. The van der Waals surface area contributed by atoms with E-state index in [-0.39, 0.29) is 37.7 Å². The summed E-state index contributed by atoms with van der Waals surface area (Å²) in [5, 5.41) is 9.85. The number of nitrogens with one attached hydrogen (secondary N) is 1. The van der Waals surface area contributed by atoms with Gasteiger partial charge in [0, 0.05) is 24.9 Å². The lowest BCUT2D eigenvalue weighted by Crippen LogP contribution is -2.57. The van der Waals surface area contributed by atoms with Gasteiger partial charge < -0.3 is 19.7 Å². The molecule has 1 aliphatic heterocycles. The number of hydrogen-bond donors (Lipinski definition) is 2. The third kappa shape index (κ3) is 3.63. The van der Waals surface area contributed by atoms with Crippen molar-refractivity contribution in [2.75, 3.05) is 26.3 Å². The van der Waals surface area contributed by atoms with Crippen molar-refractivity contribution in [3.05, 3.63) is 53.9 Å². The second-order valence-corrected chi connectivity index (χ2v) is 6.03. The first-order valence-electron chi connectivity index (χ1n) is 7.85. The molecule has 1 amide bonds. The van der Waals surface area contributed by atoms with Crippen LogP contribution in [0, 0.1) is 5.82 Å². The monoisotopic (exact) mass is 333 g/mol. The molecule has 2 N–H and O–H groups in total. The van der Waals surface area contributed by atoms with E-state index in [0.29, 0.717) is 18.7 Å². The molecule has 0 radical (unpaired) electrons. The topological polar surface area (TPSA) is 78.5 Å². The van der Waals surface area contributed by atoms with Crippen LogP contribution >= 0.6 is 0 Å². The number of carbonyl (C=O) groups is 1. The van der Waals surface area contributed by atoms with Crippen molar-refractivity contribution in [3.63, 3.8) is 0 Å². The van der Waals surface area contributed by atoms with Crippen molar-refractivity contribution in [2.45, 2.75) is 18.4 Å². The van der Waals surface area contributed by atoms with Crippen LogP contribution in [-0.2, 0) is 22.4 Å². The Morgan fingerprint density at radius 3 is 3.00 bits per heavy atom. The molecule has 1 atom stereocenters. The van der Waals surface area contributed by atoms with Gasteiger partial charge in [-0.25, -0.2) is 9.37 Å². The number of carbonyl (C=O) groups excluding carboxylic acids is 1. The fourth-order valence-corrected chi connectivity index (χ4v) is 2.96. The van der Waals surface area contributed by atoms with Crippen molar-refractivity contribution < 1.29 is 19.0 Å². The van der Waals surface area contributed by atoms with E-state index in [9.17, 15) is 14.3 Å². The average Bonchev–Trinajstić information content (AvgIpc) is 3.10. The Balaban J connectivity index is 1.72. The van der Waals surface area contributed by atoms with E-state index in [0.717, 1.165) is 5.69 Å². The molecule has 24 heavy (non-hydrogen) atoms. The number of ether oxygens (including phenoxy) is 1. The smallest absolute Gasteiger partial charge is 0.228 e. The highest BCUT2D eigenvalue weighted by Crippen LogP contribution is 2.24. The van der Waals surface area contributed by atoms with E-state index in [2.05, 4.69) is 9.97 Å². The highest BCUT2D eigenvalue weighted by molar-refractivity contribution is 5.78. The molecule has 2 heterocycles. The standard InChI is InChI=1S/C17H20FN3O3/c18-15-4-2-1-3-13(15)8-17(11-22)10-21(5-6-24-17)16(23)7-14-9-19-12-20-14/h1-4,9,12,22H,5-8,10-11H2,(H,19,20). The number of aliphatic hydroxyl groups is 1. The normalized spacial score (nSPS) is 21.0. The molecule has 6 nitrogen and oxygen atoms in total. The lowest BCUT2D eigenvalue weighted by atomic mass is 9.92. The predicted octanol–water partition coefficient (Wildman–Crippen LogP) is 0.924. The van der Waals surface area contributed by atoms with Gasteiger partial charge in [0.05, 0.1) is 32.5 Å². The van der Waals surface area contributed by atoms with E-state index >= 15 is 0 Å². The summed E-state index contributed by atoms with van der Waals surface area (Å²) < 4.78 is 19.7. The molecule has 128 valence electrons. The molecular weight excluding hydrogens is 313 g/mol. The first-order valence-corrected chi connectivity index (χ1v) is 7.85. The third-order valence-electron chi connectivity index (χ3n) is 4.26. The fourth-order valence-electron chi connectivity index (χ4n) is 2.96. The SMILES string of the molecule is O=C(Cc1cnc[nH]1)N1CCOC(CO)(Cc2ccccc2F)C1. The second-order valence-electron chi connectivity index (χ2n) is 6.03. The average molecular weight is 333 g/mol. The molecule has 1 fully saturated rings. The molecule has 2 aromatic rings. The number of imidazole rings is 1. The van der Waals surface area contributed by atoms with Crippen LogP contribution in [0.1, 0.15) is 11.3 Å². The van der Waals surface area contributed by atoms with Crippen molar-refractivity contribution in [1.82, 2.24) is 14.9 Å². The zero-order valence-electron chi connectivity index (χ0n) is 13.2. The third-order valence-corrected chi connectivity index (χ3v) is 4.26. The van der Waals surface area contributed by atoms with Crippen molar-refractivity contribution >= 4 is 5.91 Å². The Morgan fingerprint density at radius 1 is 1.46 bits per heavy atom. The summed E-state index contributed by atoms with van der Waals surface area (Å²) >= 11 is 0. The van der Waals surface area contributed by atoms with E-state index in [1.807, 2.05) is 0 Å². The number of hydrogen-bond acceptors (Lipinski definition) is 4. The minimum absolute atomic E-state index is 0.0751. The summed E-state index contributed by atoms with van der Waals surface area (Å²) in [6.07, 6.45) is 3.56. The number of aromatic amines is 1. The fraction of sp³-hybridized carbons (Fsp3) is 0.412. The Bertz CT molecular complexity index is 692. The summed E-state index contributed by atoms with van der Waals surface area (Å²) in [6, 6.07) is 6.41. The largest absolute Gasteiger partial charge is 0.393 e. The first kappa shape index (κ1) is 16.6. The minimum Gasteiger partial charge on any atom is -0.393 e. The van der Waals surface area contributed by atoms with Gasteiger partial charge in [0.1, 0.15) is 11.4 Å². The van der Waals surface area contributed by atoms with Crippen molar-refractivity contribution in [3.8, 4) is 0 Å². The Kier molecular flexibility index (Phi) is 4.92. The second kappa shape index (κ2) is 7.11. The summed E-state index contributed by atoms with van der Waals surface area (Å²) in [7, 11) is 0. The zero-order chi connectivity index (χ0) is 17.0. The van der Waals surface area contributed by atoms with Crippen LogP contribution in [0.5, 0.6) is 0 Å². The Hall–Kier alpha value is -2.25. The summed E-state index contributed by atoms with van der Waals surface area (Å²) in [5.41, 5.74) is 0.217. The highest BCUT2D eigenvalue weighted by Gasteiger charge is 2.38. The Labute approximate surface area is 139 Å². The maximum atomic E-state index is 13.9. The first-order chi connectivity index (χ1) is 11.6. The molecular formula is C17H20FN3O3. The summed E-state index contributed by atoms with van der Waals surface area (Å²) in [5.74, 6) is -0.413. The quantitative estimate of drug-likeness (QED) is 0.853. The molecule has 1 aromatic heterocycles. The number of benzene rings is 1. The van der Waals surface area contributed by atoms with Crippen LogP contribution in [0.4, 0.5) is 4.39 Å². The van der Waals surface area contributed by atoms with Gasteiger partial charge in [-0.15, -0.1) is 0 Å². The Morgan fingerprint density at radius 2 is 2.29 bits per heavy atom.